The number of fused-ring (bicyclic) bond motifs is 1. The molecule has 0 amide bonds. The maximum Gasteiger partial charge on any atom is 0.340 e. The van der Waals surface area contributed by atoms with Gasteiger partial charge in [0, 0.05) is 6.20 Å². The molecule has 0 saturated carbocycles. The van der Waals surface area contributed by atoms with Gasteiger partial charge in [0.2, 0.25) is 0 Å². The van der Waals surface area contributed by atoms with Crippen molar-refractivity contribution >= 4 is 23.9 Å². The number of methoxy groups -OCH3 is 4. The highest BCUT2D eigenvalue weighted by molar-refractivity contribution is 6.15. The Balaban J connectivity index is 2.95. The first-order chi connectivity index (χ1) is 12.8. The van der Waals surface area contributed by atoms with Gasteiger partial charge in [-0.3, -0.25) is 0 Å². The molecule has 2 aliphatic rings. The quantitative estimate of drug-likeness (QED) is 0.507. The monoisotopic (exact) mass is 377 g/mol. The molecule has 1 atom stereocenters. The number of esters is 4. The van der Waals surface area contributed by atoms with Crippen LogP contribution < -0.4 is 0 Å². The molecule has 27 heavy (non-hydrogen) atoms. The van der Waals surface area contributed by atoms with Crippen LogP contribution in [-0.4, -0.2) is 63.3 Å². The van der Waals surface area contributed by atoms with Crippen molar-refractivity contribution in [1.82, 2.24) is 4.90 Å². The molecule has 9 nitrogen and oxygen atoms in total. The number of rotatable bonds is 4. The molecule has 9 heteroatoms. The molecule has 2 aliphatic heterocycles. The van der Waals surface area contributed by atoms with Gasteiger partial charge in [-0.1, -0.05) is 6.08 Å². The second kappa shape index (κ2) is 7.90. The van der Waals surface area contributed by atoms with Gasteiger partial charge in [0.1, 0.15) is 0 Å². The van der Waals surface area contributed by atoms with E-state index in [0.717, 1.165) is 34.0 Å². The van der Waals surface area contributed by atoms with Crippen LogP contribution in [0.1, 0.15) is 6.92 Å². The van der Waals surface area contributed by atoms with Crippen molar-refractivity contribution in [1.29, 1.82) is 0 Å². The lowest BCUT2D eigenvalue weighted by Crippen LogP contribution is -2.47. The summed E-state index contributed by atoms with van der Waals surface area (Å²) in [7, 11) is 4.45. The number of hydrogen-bond acceptors (Lipinski definition) is 9. The van der Waals surface area contributed by atoms with Gasteiger partial charge in [-0.15, -0.1) is 0 Å². The molecule has 144 valence electrons. The first-order valence-corrected chi connectivity index (χ1v) is 7.78. The summed E-state index contributed by atoms with van der Waals surface area (Å²) < 4.78 is 19.1. The summed E-state index contributed by atoms with van der Waals surface area (Å²) in [6.45, 7) is 1.76. The predicted octanol–water partition coefficient (Wildman–Crippen LogP) is 0.387. The van der Waals surface area contributed by atoms with Crippen molar-refractivity contribution in [2.24, 2.45) is 0 Å². The average Bonchev–Trinajstić information content (AvgIpc) is 2.69. The van der Waals surface area contributed by atoms with Crippen LogP contribution in [0.5, 0.6) is 0 Å². The number of hydrogen-bond donors (Lipinski definition) is 0. The van der Waals surface area contributed by atoms with Gasteiger partial charge in [0.25, 0.3) is 0 Å². The normalized spacial score (nSPS) is 18.5. The summed E-state index contributed by atoms with van der Waals surface area (Å²) in [5, 5.41) is 0. The number of carbonyl (C=O) groups excluding carboxylic acids is 4. The molecule has 0 aromatic carbocycles. The van der Waals surface area contributed by atoms with Crippen molar-refractivity contribution in [3.05, 3.63) is 46.3 Å². The van der Waals surface area contributed by atoms with Crippen LogP contribution in [0.4, 0.5) is 0 Å². The zero-order valence-corrected chi connectivity index (χ0v) is 15.5. The van der Waals surface area contributed by atoms with Crippen molar-refractivity contribution in [3.8, 4) is 0 Å². The highest BCUT2D eigenvalue weighted by atomic mass is 16.5. The zero-order chi connectivity index (χ0) is 20.3. The molecule has 2 heterocycles. The van der Waals surface area contributed by atoms with E-state index in [4.69, 9.17) is 18.9 Å². The van der Waals surface area contributed by atoms with Crippen molar-refractivity contribution in [2.75, 3.05) is 28.4 Å². The molecule has 0 aliphatic carbocycles. The van der Waals surface area contributed by atoms with Crippen LogP contribution in [0.3, 0.4) is 0 Å². The number of ether oxygens (including phenoxy) is 4. The second-order valence-electron chi connectivity index (χ2n) is 5.56. The maximum atomic E-state index is 12.5. The second-order valence-corrected chi connectivity index (χ2v) is 5.56. The first-order valence-electron chi connectivity index (χ1n) is 7.78. The smallest absolute Gasteiger partial charge is 0.340 e. The van der Waals surface area contributed by atoms with Gasteiger partial charge in [0.05, 0.1) is 50.9 Å². The lowest BCUT2D eigenvalue weighted by atomic mass is 9.86. The van der Waals surface area contributed by atoms with Gasteiger partial charge in [-0.2, -0.15) is 0 Å². The summed E-state index contributed by atoms with van der Waals surface area (Å²) in [4.78, 5) is 51.3. The Morgan fingerprint density at radius 2 is 1.37 bits per heavy atom. The number of nitrogens with zero attached hydrogens (tertiary/aromatic N) is 1. The van der Waals surface area contributed by atoms with Crippen molar-refractivity contribution in [2.45, 2.75) is 13.0 Å². The van der Waals surface area contributed by atoms with E-state index < -0.39 is 35.5 Å². The zero-order valence-electron chi connectivity index (χ0n) is 15.5. The molecular weight excluding hydrogens is 358 g/mol. The fourth-order valence-electron chi connectivity index (χ4n) is 2.88. The highest BCUT2D eigenvalue weighted by Gasteiger charge is 2.47. The Hall–Kier alpha value is -3.36. The third-order valence-corrected chi connectivity index (χ3v) is 4.06. The van der Waals surface area contributed by atoms with Gasteiger partial charge >= 0.3 is 23.9 Å². The first kappa shape index (κ1) is 20.0. The molecule has 0 radical (unpaired) electrons. The molecule has 0 aromatic rings. The third-order valence-electron chi connectivity index (χ3n) is 4.06. The standard InChI is InChI=1S/C18H19NO8/c1-9-6-7-10-11(15(20)24-2)12(16(21)25-3)13(17(22)26-4)14(18(23)27-5)19(10)8-9/h6-8,14H,1-5H3/t14-/m0/s1. The van der Waals surface area contributed by atoms with E-state index in [0.29, 0.717) is 0 Å². The summed E-state index contributed by atoms with van der Waals surface area (Å²) >= 11 is 0. The van der Waals surface area contributed by atoms with Crippen LogP contribution in [-0.2, 0) is 38.1 Å². The predicted molar refractivity (Wildman–Crippen MR) is 90.6 cm³/mol. The van der Waals surface area contributed by atoms with Crippen LogP contribution in [0.2, 0.25) is 0 Å². The molecule has 0 saturated heterocycles. The topological polar surface area (TPSA) is 108 Å². The third kappa shape index (κ3) is 3.35. The molecule has 0 unspecified atom stereocenters. The van der Waals surface area contributed by atoms with Crippen LogP contribution >= 0.6 is 0 Å². The Morgan fingerprint density at radius 1 is 0.815 bits per heavy atom. The molecular formula is C18H19NO8. The number of carbonyl (C=O) groups is 4. The fourth-order valence-corrected chi connectivity index (χ4v) is 2.88. The molecule has 0 fully saturated rings. The van der Waals surface area contributed by atoms with E-state index in [-0.39, 0.29) is 16.8 Å². The molecule has 2 rings (SSSR count). The minimum absolute atomic E-state index is 0.191. The van der Waals surface area contributed by atoms with Gasteiger partial charge < -0.3 is 23.8 Å². The summed E-state index contributed by atoms with van der Waals surface area (Å²) in [5.74, 6) is -3.67. The maximum absolute atomic E-state index is 12.5. The summed E-state index contributed by atoms with van der Waals surface area (Å²) in [5.41, 5.74) is -0.0708. The molecule has 0 aromatic heterocycles. The molecule has 0 N–H and O–H groups in total. The van der Waals surface area contributed by atoms with E-state index in [1.807, 2.05) is 0 Å². The van der Waals surface area contributed by atoms with Crippen LogP contribution in [0, 0.1) is 0 Å². The van der Waals surface area contributed by atoms with Crippen LogP contribution in [0.25, 0.3) is 0 Å². The Kier molecular flexibility index (Phi) is 5.84. The SMILES string of the molecule is COC(=O)C1=C(C(=O)OC)[C@@H](C(=O)OC)N2C=C(C)C=CC2=C1C(=O)OC. The van der Waals surface area contributed by atoms with E-state index in [2.05, 4.69) is 0 Å². The lowest BCUT2D eigenvalue weighted by molar-refractivity contribution is -0.148. The van der Waals surface area contributed by atoms with Crippen molar-refractivity contribution in [3.63, 3.8) is 0 Å². The summed E-state index contributed by atoms with van der Waals surface area (Å²) in [6, 6.07) is -1.35. The highest BCUT2D eigenvalue weighted by Crippen LogP contribution is 2.38. The van der Waals surface area contributed by atoms with Gasteiger partial charge in [-0.05, 0) is 18.6 Å². The fraction of sp³-hybridized carbons (Fsp3) is 0.333. The minimum Gasteiger partial charge on any atom is -0.467 e. The van der Waals surface area contributed by atoms with Gasteiger partial charge in [-0.25, -0.2) is 19.2 Å². The molecule has 0 bridgehead atoms. The Bertz CT molecular complexity index is 830. The van der Waals surface area contributed by atoms with E-state index in [1.54, 1.807) is 19.2 Å². The Labute approximate surface area is 155 Å². The Morgan fingerprint density at radius 3 is 1.89 bits per heavy atom. The van der Waals surface area contributed by atoms with E-state index in [1.165, 1.54) is 11.0 Å². The largest absolute Gasteiger partial charge is 0.467 e. The van der Waals surface area contributed by atoms with E-state index >= 15 is 0 Å². The van der Waals surface area contributed by atoms with Crippen LogP contribution in [0.15, 0.2) is 46.3 Å². The van der Waals surface area contributed by atoms with Crippen molar-refractivity contribution < 1.29 is 38.1 Å². The lowest BCUT2D eigenvalue weighted by Gasteiger charge is -2.37. The van der Waals surface area contributed by atoms with E-state index in [9.17, 15) is 19.2 Å². The van der Waals surface area contributed by atoms with Gasteiger partial charge in [0.15, 0.2) is 6.04 Å². The average molecular weight is 377 g/mol. The summed E-state index contributed by atoms with van der Waals surface area (Å²) in [6.07, 6.45) is 4.77. The molecule has 0 spiro atoms. The minimum atomic E-state index is -1.35. The number of allylic oxidation sites excluding steroid dienone is 3.